The van der Waals surface area contributed by atoms with E-state index in [1.807, 2.05) is 20.8 Å². The summed E-state index contributed by atoms with van der Waals surface area (Å²) in [5.74, 6) is -0.369. The van der Waals surface area contributed by atoms with E-state index in [9.17, 15) is 31.1 Å². The van der Waals surface area contributed by atoms with Gasteiger partial charge in [0.15, 0.2) is 7.85 Å². The summed E-state index contributed by atoms with van der Waals surface area (Å²) in [7, 11) is 8.40. The fraction of sp³-hybridized carbons (Fsp3) is 0.917. The largest absolute Gasteiger partial charge is 0.433 e. The van der Waals surface area contributed by atoms with Gasteiger partial charge in [0.1, 0.15) is 39.2 Å². The van der Waals surface area contributed by atoms with Crippen molar-refractivity contribution >= 4 is 53.2 Å². The average molecular weight is 407 g/mol. The maximum atomic E-state index is 13.1. The van der Waals surface area contributed by atoms with Gasteiger partial charge in [0, 0.05) is 12.1 Å². The van der Waals surface area contributed by atoms with E-state index < -0.39 is 34.6 Å². The number of hydrogen-bond acceptors (Lipinski definition) is 3. The summed E-state index contributed by atoms with van der Waals surface area (Å²) in [6, 6.07) is 0. The summed E-state index contributed by atoms with van der Waals surface area (Å²) in [6.45, 7) is 5.78. The zero-order chi connectivity index (χ0) is 22.7. The van der Waals surface area contributed by atoms with Crippen LogP contribution in [0.4, 0.5) is 31.1 Å². The molecule has 0 bridgehead atoms. The molecular weight excluding hydrogens is 383 g/mol. The summed E-state index contributed by atoms with van der Waals surface area (Å²) >= 11 is 0. The van der Waals surface area contributed by atoms with Gasteiger partial charge in [-0.3, -0.25) is 0 Å². The summed E-state index contributed by atoms with van der Waals surface area (Å²) in [4.78, 5) is 15.7. The Morgan fingerprint density at radius 3 is 1.71 bits per heavy atom. The molecule has 1 unspecified atom stereocenters. The van der Waals surface area contributed by atoms with Gasteiger partial charge in [-0.25, -0.2) is 4.79 Å². The number of rotatable bonds is 1. The number of nitrogens with zero attached hydrogens (tertiary/aromatic N) is 2. The van der Waals surface area contributed by atoms with Gasteiger partial charge in [-0.05, 0) is 37.4 Å². The Morgan fingerprint density at radius 2 is 1.39 bits per heavy atom. The first kappa shape index (κ1) is 25.2. The van der Waals surface area contributed by atoms with Crippen LogP contribution in [0.15, 0.2) is 0 Å². The van der Waals surface area contributed by atoms with Crippen molar-refractivity contribution in [1.29, 1.82) is 0 Å². The molecule has 154 valence electrons. The predicted octanol–water partition coefficient (Wildman–Crippen LogP) is -3.21. The topological polar surface area (TPSA) is 32.8 Å². The highest BCUT2D eigenvalue weighted by molar-refractivity contribution is 6.46. The van der Waals surface area contributed by atoms with Crippen molar-refractivity contribution < 1.29 is 35.9 Å². The van der Waals surface area contributed by atoms with Gasteiger partial charge in [0.2, 0.25) is 0 Å². The van der Waals surface area contributed by atoms with Crippen LogP contribution in [0.1, 0.15) is 20.8 Å². The highest BCUT2D eigenvalue weighted by Crippen LogP contribution is 2.44. The van der Waals surface area contributed by atoms with E-state index in [1.165, 1.54) is 0 Å². The molecule has 1 atom stereocenters. The molecule has 0 N–H and O–H groups in total. The molecule has 1 rings (SSSR count). The van der Waals surface area contributed by atoms with Crippen molar-refractivity contribution in [2.45, 2.75) is 60.8 Å². The number of alkyl halides is 6. The summed E-state index contributed by atoms with van der Waals surface area (Å²) in [5, 5.41) is -1.78. The number of amides is 1. The van der Waals surface area contributed by atoms with Crippen molar-refractivity contribution in [2.24, 2.45) is 0 Å². The number of carbonyl (C=O) groups excluding carboxylic acids is 1. The molecule has 28 heavy (non-hydrogen) atoms. The molecule has 0 radical (unpaired) electrons. The molecule has 1 amide bonds. The van der Waals surface area contributed by atoms with Crippen LogP contribution in [0.2, 0.25) is 0 Å². The first-order valence-electron chi connectivity index (χ1n) is 8.93. The van der Waals surface area contributed by atoms with Crippen molar-refractivity contribution in [3.05, 3.63) is 0 Å². The summed E-state index contributed by atoms with van der Waals surface area (Å²) in [6.07, 6.45) is -13.3. The number of ether oxygens (including phenoxy) is 1. The average Bonchev–Trinajstić information content (AvgIpc) is 2.38. The van der Waals surface area contributed by atoms with Crippen LogP contribution in [0.5, 0.6) is 0 Å². The molecule has 0 aromatic carbocycles. The van der Waals surface area contributed by atoms with Gasteiger partial charge >= 0.3 is 18.4 Å². The van der Waals surface area contributed by atoms with E-state index >= 15 is 0 Å². The molecule has 0 spiro atoms. The van der Waals surface area contributed by atoms with Gasteiger partial charge in [-0.15, -0.1) is 0 Å². The lowest BCUT2D eigenvalue weighted by atomic mass is 9.45. The van der Waals surface area contributed by atoms with Gasteiger partial charge in [0.25, 0.3) is 5.50 Å². The Labute approximate surface area is 166 Å². The van der Waals surface area contributed by atoms with E-state index in [2.05, 4.69) is 9.64 Å². The zero-order valence-corrected chi connectivity index (χ0v) is 17.8. The highest BCUT2D eigenvalue weighted by Gasteiger charge is 2.71. The second kappa shape index (κ2) is 6.87. The first-order chi connectivity index (χ1) is 12.0. The second-order valence-electron chi connectivity index (χ2n) is 9.67. The third kappa shape index (κ3) is 4.21. The van der Waals surface area contributed by atoms with Gasteiger partial charge in [-0.2, -0.15) is 26.3 Å². The normalized spacial score (nSPS) is 24.0. The fourth-order valence-corrected chi connectivity index (χ4v) is 4.03. The van der Waals surface area contributed by atoms with E-state index in [1.54, 1.807) is 39.2 Å². The maximum Gasteiger partial charge on any atom is 0.428 e. The Balaban J connectivity index is 3.35. The summed E-state index contributed by atoms with van der Waals surface area (Å²) < 4.78 is 83.0. The van der Waals surface area contributed by atoms with Crippen LogP contribution in [0, 0.1) is 0 Å². The summed E-state index contributed by atoms with van der Waals surface area (Å²) in [5.41, 5.74) is -4.94. The quantitative estimate of drug-likeness (QED) is 0.339. The Kier molecular flexibility index (Phi) is 6.19. The third-order valence-corrected chi connectivity index (χ3v) is 5.62. The van der Waals surface area contributed by atoms with Crippen molar-refractivity contribution in [2.75, 3.05) is 6.54 Å². The van der Waals surface area contributed by atoms with Crippen LogP contribution < -0.4 is 0 Å². The Bertz CT molecular complexity index is 607. The fourth-order valence-electron chi connectivity index (χ4n) is 4.03. The number of carbonyl (C=O) groups is 1. The molecule has 1 aliphatic rings. The predicted molar refractivity (Wildman–Crippen MR) is 110 cm³/mol. The third-order valence-electron chi connectivity index (χ3n) is 5.62. The Hall–Kier alpha value is -0.800. The number of piperazine rings is 1. The van der Waals surface area contributed by atoms with E-state index in [0.717, 1.165) is 4.90 Å². The molecule has 4 nitrogen and oxygen atoms in total. The minimum Gasteiger partial charge on any atom is -0.433 e. The van der Waals surface area contributed by atoms with Gasteiger partial charge < -0.3 is 14.5 Å². The maximum absolute atomic E-state index is 13.1. The highest BCUT2D eigenvalue weighted by atomic mass is 19.4. The minimum atomic E-state index is -5.81. The monoisotopic (exact) mass is 408 g/mol. The van der Waals surface area contributed by atoms with Crippen LogP contribution in [-0.2, 0) is 4.74 Å². The van der Waals surface area contributed by atoms with Crippen molar-refractivity contribution in [1.82, 2.24) is 9.80 Å². The molecule has 0 aromatic heterocycles. The lowest BCUT2D eigenvalue weighted by Gasteiger charge is -2.64. The lowest BCUT2D eigenvalue weighted by molar-refractivity contribution is -0.331. The molecule has 16 heteroatoms. The van der Waals surface area contributed by atoms with Crippen molar-refractivity contribution in [3.63, 3.8) is 0 Å². The van der Waals surface area contributed by atoms with Gasteiger partial charge in [0.05, 0.1) is 0 Å². The number of halogens is 6. The molecule has 1 fully saturated rings. The zero-order valence-electron chi connectivity index (χ0n) is 17.8. The minimum absolute atomic E-state index is 0.0910. The molecule has 1 saturated heterocycles. The molecule has 0 saturated carbocycles. The number of hydrogen-bond donors (Lipinski definition) is 0. The first-order valence-corrected chi connectivity index (χ1v) is 8.93. The molecule has 1 aliphatic heterocycles. The van der Waals surface area contributed by atoms with Crippen LogP contribution in [0.3, 0.4) is 0 Å². The Morgan fingerprint density at radius 1 is 1.00 bits per heavy atom. The second-order valence-corrected chi connectivity index (χ2v) is 9.67. The molecule has 0 aliphatic carbocycles. The van der Waals surface area contributed by atoms with E-state index in [-0.39, 0.29) is 25.9 Å². The van der Waals surface area contributed by atoms with Gasteiger partial charge in [-0.1, -0.05) is 0 Å². The SMILES string of the molecule is BC1N(C(C)(C)C)C(B)(B)CN(C(=O)OC(B)(C(F)(F)F)C(F)(F)F)C1(B)B. The smallest absolute Gasteiger partial charge is 0.428 e. The van der Waals surface area contributed by atoms with Crippen LogP contribution >= 0.6 is 0 Å². The lowest BCUT2D eigenvalue weighted by Crippen LogP contribution is -2.81. The van der Waals surface area contributed by atoms with E-state index in [0.29, 0.717) is 0 Å². The van der Waals surface area contributed by atoms with Crippen LogP contribution in [-0.4, -0.2) is 110 Å². The van der Waals surface area contributed by atoms with Crippen molar-refractivity contribution in [3.8, 4) is 0 Å². The van der Waals surface area contributed by atoms with E-state index in [4.69, 9.17) is 0 Å². The molecule has 1 heterocycles. The molecular formula is C12H24B6F6N2O2. The van der Waals surface area contributed by atoms with Crippen LogP contribution in [0.25, 0.3) is 0 Å². The molecule has 0 aromatic rings. The standard InChI is InChI=1S/C12H24B6F6N2O2/c1-7(2,3)26-5(13)9(16,17)25(4-8(26,14)15)6(27)28-10(18,11(19,20)21)12(22,23)24/h5H,4,13-18H2,1-3H3.